The van der Waals surface area contributed by atoms with Crippen molar-refractivity contribution < 1.29 is 65.8 Å². The molecular weight excluding hydrogens is 865 g/mol. The van der Waals surface area contributed by atoms with E-state index in [-0.39, 0.29) is 36.4 Å². The summed E-state index contributed by atoms with van der Waals surface area (Å²) in [6.45, 7) is 7.83. The smallest absolute Gasteiger partial charge is 0.490 e. The number of rotatable bonds is 18. The van der Waals surface area contributed by atoms with Crippen LogP contribution in [-0.2, 0) is 36.4 Å². The molecule has 3 heterocycles. The lowest BCUT2D eigenvalue weighted by Gasteiger charge is -2.43. The minimum atomic E-state index is -5.77. The van der Waals surface area contributed by atoms with E-state index in [0.717, 1.165) is 33.2 Å². The van der Waals surface area contributed by atoms with Gasteiger partial charge in [0.25, 0.3) is 5.56 Å². The molecule has 2 aliphatic heterocycles. The summed E-state index contributed by atoms with van der Waals surface area (Å²) in [6.07, 6.45) is 2.50. The number of methoxy groups -OCH3 is 1. The molecule has 0 aliphatic carbocycles. The molecule has 5 rings (SSSR count). The summed E-state index contributed by atoms with van der Waals surface area (Å²) in [5.74, 6) is 0.305. The van der Waals surface area contributed by atoms with E-state index in [2.05, 4.69) is 58.5 Å². The van der Waals surface area contributed by atoms with Gasteiger partial charge >= 0.3 is 29.2 Å². The van der Waals surface area contributed by atoms with Crippen molar-refractivity contribution in [2.45, 2.75) is 70.9 Å². The monoisotopic (exact) mass is 912 g/mol. The molecule has 0 spiro atoms. The van der Waals surface area contributed by atoms with Crippen LogP contribution in [0.4, 0.5) is 17.1 Å². The number of azo groups is 1. The Morgan fingerprint density at radius 2 is 1.75 bits per heavy atom. The number of nitrogens with one attached hydrogen (secondary N) is 2. The third-order valence-corrected chi connectivity index (χ3v) is 13.2. The first kappa shape index (κ1) is 47.6. The second-order valence-corrected chi connectivity index (χ2v) is 19.0. The van der Waals surface area contributed by atoms with Gasteiger partial charge in [-0.05, 0) is 57.9 Å². The number of benzene rings is 2. The van der Waals surface area contributed by atoms with Crippen LogP contribution >= 0.6 is 23.5 Å². The number of aromatic nitrogens is 2. The summed E-state index contributed by atoms with van der Waals surface area (Å²) in [6, 6.07) is 11.6. The summed E-state index contributed by atoms with van der Waals surface area (Å²) in [5, 5.41) is 22.1. The molecule has 0 saturated carbocycles. The largest absolute Gasteiger partial charge is 0.494 e. The number of amides is 1. The van der Waals surface area contributed by atoms with Crippen LogP contribution < -0.4 is 26.2 Å². The van der Waals surface area contributed by atoms with Gasteiger partial charge in [-0.1, -0.05) is 35.9 Å². The number of hydrogen-bond acceptors (Lipinski definition) is 15. The van der Waals surface area contributed by atoms with Gasteiger partial charge in [-0.15, -0.1) is 5.11 Å². The fourth-order valence-corrected chi connectivity index (χ4v) is 9.68. The second kappa shape index (κ2) is 19.3. The minimum absolute atomic E-state index is 0.0202. The number of H-pyrrole nitrogens is 1. The van der Waals surface area contributed by atoms with E-state index < -0.39 is 59.8 Å². The number of carbonyl (C=O) groups is 1. The van der Waals surface area contributed by atoms with Gasteiger partial charge < -0.3 is 44.4 Å². The number of phosphoric ester groups is 1. The highest BCUT2D eigenvalue weighted by molar-refractivity contribution is 7.66. The van der Waals surface area contributed by atoms with E-state index in [0.29, 0.717) is 30.1 Å². The van der Waals surface area contributed by atoms with Crippen molar-refractivity contribution >= 4 is 58.1 Å². The molecule has 0 radical (unpaired) electrons. The molecule has 25 heteroatoms. The van der Waals surface area contributed by atoms with Gasteiger partial charge in [0.2, 0.25) is 5.91 Å². The molecule has 2 aliphatic rings. The molecule has 2 aromatic carbocycles. The first-order valence-corrected chi connectivity index (χ1v) is 23.1. The highest BCUT2D eigenvalue weighted by Gasteiger charge is 2.43. The number of nitrogens with zero attached hydrogens (tertiary/aromatic N) is 4. The maximum atomic E-state index is 12.9. The molecule has 1 amide bonds. The lowest BCUT2D eigenvalue weighted by Crippen LogP contribution is -2.45. The van der Waals surface area contributed by atoms with E-state index >= 15 is 0 Å². The van der Waals surface area contributed by atoms with Crippen LogP contribution in [0.3, 0.4) is 0 Å². The van der Waals surface area contributed by atoms with Gasteiger partial charge in [0, 0.05) is 49.4 Å². The van der Waals surface area contributed by atoms with Gasteiger partial charge in [0.15, 0.2) is 0 Å². The molecule has 61 heavy (non-hydrogen) atoms. The number of aryl methyl sites for hydroxylation is 1. The van der Waals surface area contributed by atoms with Crippen LogP contribution in [0.1, 0.15) is 63.0 Å². The van der Waals surface area contributed by atoms with Crippen molar-refractivity contribution in [3.05, 3.63) is 92.3 Å². The van der Waals surface area contributed by atoms with Gasteiger partial charge in [0.1, 0.15) is 23.8 Å². The van der Waals surface area contributed by atoms with Gasteiger partial charge in [-0.25, -0.2) is 18.5 Å². The van der Waals surface area contributed by atoms with Crippen molar-refractivity contribution in [2.24, 2.45) is 10.2 Å². The number of phosphoric acid groups is 3. The molecule has 7 N–H and O–H groups in total. The lowest BCUT2D eigenvalue weighted by molar-refractivity contribution is -0.120. The summed E-state index contributed by atoms with van der Waals surface area (Å²) in [5.41, 5.74) is 3.28. The van der Waals surface area contributed by atoms with E-state index in [9.17, 15) is 43.0 Å². The fraction of sp³-hybridized carbons (Fsp3) is 0.417. The maximum absolute atomic E-state index is 12.9. The Bertz CT molecular complexity index is 2460. The van der Waals surface area contributed by atoms with E-state index in [1.54, 1.807) is 7.11 Å². The van der Waals surface area contributed by atoms with Crippen molar-refractivity contribution in [3.63, 3.8) is 0 Å². The quantitative estimate of drug-likeness (QED) is 0.0661. The molecule has 332 valence electrons. The van der Waals surface area contributed by atoms with E-state index in [1.165, 1.54) is 12.2 Å². The summed E-state index contributed by atoms with van der Waals surface area (Å²) in [4.78, 5) is 78.7. The average Bonchev–Trinajstić information content (AvgIpc) is 3.52. The third kappa shape index (κ3) is 13.1. The molecule has 5 atom stereocenters. The Hall–Kier alpha value is -4.40. The molecule has 2 unspecified atom stereocenters. The molecular formula is C36H47N6O16P3. The predicted molar refractivity (Wildman–Crippen MR) is 220 cm³/mol. The van der Waals surface area contributed by atoms with Gasteiger partial charge in [0.05, 0.1) is 36.6 Å². The maximum Gasteiger partial charge on any atom is 0.490 e. The fourth-order valence-electron chi connectivity index (χ4n) is 6.65. The van der Waals surface area contributed by atoms with E-state index in [4.69, 9.17) is 19.3 Å². The van der Waals surface area contributed by atoms with Crippen LogP contribution in [0.5, 0.6) is 5.75 Å². The summed E-state index contributed by atoms with van der Waals surface area (Å²) < 4.78 is 58.5. The van der Waals surface area contributed by atoms with Gasteiger partial charge in [-0.2, -0.15) is 13.7 Å². The normalized spacial score (nSPS) is 20.9. The van der Waals surface area contributed by atoms with Crippen molar-refractivity contribution in [1.29, 1.82) is 0 Å². The second-order valence-electron chi connectivity index (χ2n) is 14.6. The highest BCUT2D eigenvalue weighted by Crippen LogP contribution is 2.66. The Balaban J connectivity index is 1.15. The minimum Gasteiger partial charge on any atom is -0.494 e. The Kier molecular flexibility index (Phi) is 15.1. The number of anilines is 1. The molecule has 3 aromatic rings. The zero-order chi connectivity index (χ0) is 44.9. The predicted octanol–water partition coefficient (Wildman–Crippen LogP) is 4.87. The molecule has 1 saturated heterocycles. The number of hydrogen-bond donors (Lipinski definition) is 7. The van der Waals surface area contributed by atoms with Crippen LogP contribution in [0.2, 0.25) is 0 Å². The summed E-state index contributed by atoms with van der Waals surface area (Å²) >= 11 is 0. The topological polar surface area (TPSA) is 310 Å². The zero-order valence-electron chi connectivity index (χ0n) is 33.6. The number of fused-ring (bicyclic) bond motifs is 1. The van der Waals surface area contributed by atoms with E-state index in [1.807, 2.05) is 50.2 Å². The van der Waals surface area contributed by atoms with Crippen molar-refractivity contribution in [3.8, 4) is 5.75 Å². The molecule has 1 aromatic heterocycles. The zero-order valence-corrected chi connectivity index (χ0v) is 36.3. The van der Waals surface area contributed by atoms with Gasteiger partial charge in [-0.3, -0.25) is 23.7 Å². The number of aliphatic hydroxyl groups is 1. The molecule has 1 fully saturated rings. The molecule has 0 bridgehead atoms. The first-order chi connectivity index (χ1) is 28.5. The number of carbonyl (C=O) groups excluding carboxylic acids is 1. The Morgan fingerprint density at radius 3 is 2.43 bits per heavy atom. The number of allylic oxidation sites excluding steroid dienone is 1. The van der Waals surface area contributed by atoms with Crippen LogP contribution in [0, 0.1) is 6.92 Å². The van der Waals surface area contributed by atoms with Crippen molar-refractivity contribution in [1.82, 2.24) is 14.9 Å². The van der Waals surface area contributed by atoms with Crippen LogP contribution in [0.15, 0.2) is 74.6 Å². The standard InChI is InChI=1S/C36H47N6O16P3/c1-22-10-12-25(13-11-22)39-40-27-16-26-23(2)19-36(3,4)42(28(26)17-30(27)54-5)15-7-9-32(44)37-14-6-8-24-20-41(35(46)38-34(24)45)33-18-29(43)31(56-33)21-55-60(50,51)58-61(52,53)57-59(47,48)49/h6,8,10-13,16-17,19-20,29,31,33,43H,7,9,14-15,18,21H2,1-5H3,(H,37,44)(H,50,51)(H,52,53)(H,38,45,46)(H2,47,48,49)/b8-6+,40-39?/t29-,31+,33+/m0/s1. The SMILES string of the molecule is COc1cc2c(cc1N=Nc1ccc(C)cc1)C(C)=CC(C)(C)N2CCCC(=O)NC/C=C/c1cn([C@H]2C[C@H](O)[C@@H](COP(=O)(O)OP(=O)(O)OP(=O)(O)O)O2)c(=O)[nH]c1=O. The summed E-state index contributed by atoms with van der Waals surface area (Å²) in [7, 11) is -15.3. The Morgan fingerprint density at radius 1 is 1.05 bits per heavy atom. The van der Waals surface area contributed by atoms with Crippen molar-refractivity contribution in [2.75, 3.05) is 31.7 Å². The van der Waals surface area contributed by atoms with Crippen LogP contribution in [0.25, 0.3) is 11.6 Å². The third-order valence-electron chi connectivity index (χ3n) is 9.41. The average molecular weight is 913 g/mol. The highest BCUT2D eigenvalue weighted by atomic mass is 31.3. The number of aliphatic hydroxyl groups excluding tert-OH is 1. The number of ether oxygens (including phenoxy) is 2. The first-order valence-electron chi connectivity index (χ1n) is 18.5. The van der Waals surface area contributed by atoms with Crippen LogP contribution in [-0.4, -0.2) is 84.7 Å². The molecule has 22 nitrogen and oxygen atoms in total. The number of aromatic amines is 1. The lowest BCUT2D eigenvalue weighted by atomic mass is 9.88. The Labute approximate surface area is 349 Å².